The Kier molecular flexibility index (Phi) is 8.86. The van der Waals surface area contributed by atoms with Crippen LogP contribution in [0, 0.1) is 5.82 Å². The quantitative estimate of drug-likeness (QED) is 0.463. The van der Waals surface area contributed by atoms with E-state index in [4.69, 9.17) is 11.6 Å². The van der Waals surface area contributed by atoms with E-state index in [9.17, 15) is 23.2 Å². The molecule has 1 aromatic heterocycles. The second-order valence-corrected chi connectivity index (χ2v) is 9.65. The molecule has 1 aliphatic carbocycles. The fourth-order valence-electron chi connectivity index (χ4n) is 4.72. The van der Waals surface area contributed by atoms with Gasteiger partial charge in [-0.1, -0.05) is 42.5 Å². The number of hydrogen-bond acceptors (Lipinski definition) is 5. The molecule has 2 aromatic rings. The van der Waals surface area contributed by atoms with Gasteiger partial charge in [0.2, 0.25) is 17.8 Å². The van der Waals surface area contributed by atoms with Crippen molar-refractivity contribution < 1.29 is 23.2 Å². The van der Waals surface area contributed by atoms with Gasteiger partial charge in [-0.3, -0.25) is 24.2 Å². The van der Waals surface area contributed by atoms with E-state index < -0.39 is 41.9 Å². The first-order valence-electron chi connectivity index (χ1n) is 12.5. The number of nitrogens with zero attached hydrogens (tertiary/aromatic N) is 4. The van der Waals surface area contributed by atoms with Gasteiger partial charge in [0.15, 0.2) is 0 Å². The number of amides is 3. The number of aromatic nitrogens is 2. The largest absolute Gasteiger partial charge is 0.351 e. The van der Waals surface area contributed by atoms with Gasteiger partial charge >= 0.3 is 0 Å². The number of hydrogen-bond donors (Lipinski definition) is 1. The van der Waals surface area contributed by atoms with Gasteiger partial charge in [-0.15, -0.1) is 0 Å². The molecule has 4 rings (SSSR count). The van der Waals surface area contributed by atoms with Crippen molar-refractivity contribution in [3.8, 4) is 0 Å². The number of allylic oxidation sites excluding steroid dienone is 3. The van der Waals surface area contributed by atoms with Gasteiger partial charge in [0, 0.05) is 41.1 Å². The van der Waals surface area contributed by atoms with Gasteiger partial charge in [-0.25, -0.2) is 18.7 Å². The molecule has 2 atom stereocenters. The van der Waals surface area contributed by atoms with Crippen molar-refractivity contribution in [3.63, 3.8) is 0 Å². The monoisotopic (exact) mass is 555 g/mol. The standard InChI is InChI=1S/C28H28ClF2N5O3/c1-3-7-21(22(29)4-2)25(26(38)34-19-14-18(31)15-19)35(20-9-5-8-17(30)16-20)27(39)23-10-11-24(37)36(23)28-32-12-6-13-33-28/h3-9,12-13,16,18-19,23,25H,2,10-11,14-15H2,1H3,(H,34,38)/b7-3-,22-21-/t18?,19?,23-,25-/m0/s1. The normalized spacial score (nSPS) is 22.2. The summed E-state index contributed by atoms with van der Waals surface area (Å²) in [6, 6.07) is 3.89. The molecule has 1 saturated heterocycles. The van der Waals surface area contributed by atoms with Crippen LogP contribution in [0.25, 0.3) is 0 Å². The highest BCUT2D eigenvalue weighted by Gasteiger charge is 2.45. The minimum atomic E-state index is -1.39. The molecule has 39 heavy (non-hydrogen) atoms. The number of halogens is 3. The topological polar surface area (TPSA) is 95.5 Å². The Labute approximate surface area is 230 Å². The number of anilines is 2. The summed E-state index contributed by atoms with van der Waals surface area (Å²) in [4.78, 5) is 51.7. The maximum atomic E-state index is 14.5. The number of alkyl halides is 1. The third-order valence-electron chi connectivity index (χ3n) is 6.62. The van der Waals surface area contributed by atoms with Crippen LogP contribution >= 0.6 is 11.6 Å². The minimum Gasteiger partial charge on any atom is -0.351 e. The Hall–Kier alpha value is -3.92. The zero-order chi connectivity index (χ0) is 28.1. The summed E-state index contributed by atoms with van der Waals surface area (Å²) in [5.74, 6) is -2.26. The SMILES string of the molecule is C=C/C(Cl)=C(\C=C/C)[C@@H](C(=O)NC1CC(F)C1)N(C(=O)[C@@H]1CCC(=O)N1c1ncccn1)c1cccc(F)c1. The first kappa shape index (κ1) is 28.1. The lowest BCUT2D eigenvalue weighted by Gasteiger charge is -2.38. The lowest BCUT2D eigenvalue weighted by molar-refractivity contribution is -0.127. The summed E-state index contributed by atoms with van der Waals surface area (Å²) in [7, 11) is 0. The fourth-order valence-corrected chi connectivity index (χ4v) is 4.88. The van der Waals surface area contributed by atoms with Crippen molar-refractivity contribution in [1.82, 2.24) is 15.3 Å². The number of benzene rings is 1. The van der Waals surface area contributed by atoms with E-state index in [0.717, 1.165) is 11.0 Å². The molecule has 0 radical (unpaired) electrons. The van der Waals surface area contributed by atoms with Crippen LogP contribution in [0.5, 0.6) is 0 Å². The van der Waals surface area contributed by atoms with Crippen LogP contribution in [0.4, 0.5) is 20.4 Å². The van der Waals surface area contributed by atoms with E-state index in [1.165, 1.54) is 41.6 Å². The van der Waals surface area contributed by atoms with E-state index in [2.05, 4.69) is 21.9 Å². The van der Waals surface area contributed by atoms with Crippen molar-refractivity contribution in [3.05, 3.63) is 84.0 Å². The molecule has 0 unspecified atom stereocenters. The Morgan fingerprint density at radius 1 is 1.26 bits per heavy atom. The van der Waals surface area contributed by atoms with Crippen LogP contribution in [-0.2, 0) is 14.4 Å². The van der Waals surface area contributed by atoms with Gasteiger partial charge in [-0.05, 0) is 50.5 Å². The zero-order valence-electron chi connectivity index (χ0n) is 21.3. The van der Waals surface area contributed by atoms with Crippen LogP contribution < -0.4 is 15.1 Å². The number of carbonyl (C=O) groups excluding carboxylic acids is 3. The summed E-state index contributed by atoms with van der Waals surface area (Å²) >= 11 is 6.51. The predicted octanol–water partition coefficient (Wildman–Crippen LogP) is 4.38. The molecule has 1 saturated carbocycles. The molecule has 2 fully saturated rings. The van der Waals surface area contributed by atoms with Crippen LogP contribution in [0.15, 0.2) is 78.1 Å². The molecule has 3 amide bonds. The first-order chi connectivity index (χ1) is 18.7. The maximum absolute atomic E-state index is 14.5. The molecule has 11 heteroatoms. The summed E-state index contributed by atoms with van der Waals surface area (Å²) in [5, 5.41) is 2.88. The summed E-state index contributed by atoms with van der Waals surface area (Å²) in [6.45, 7) is 5.40. The molecule has 0 bridgehead atoms. The van der Waals surface area contributed by atoms with Crippen molar-refractivity contribution in [2.24, 2.45) is 0 Å². The highest BCUT2D eigenvalue weighted by atomic mass is 35.5. The van der Waals surface area contributed by atoms with Crippen LogP contribution in [-0.4, -0.2) is 52.0 Å². The first-order valence-corrected chi connectivity index (χ1v) is 12.9. The highest BCUT2D eigenvalue weighted by Crippen LogP contribution is 2.32. The molecule has 1 aliphatic heterocycles. The minimum absolute atomic E-state index is 0.0374. The average molecular weight is 556 g/mol. The van der Waals surface area contributed by atoms with E-state index in [1.54, 1.807) is 25.1 Å². The fraction of sp³-hybridized carbons (Fsp3) is 0.321. The van der Waals surface area contributed by atoms with Crippen LogP contribution in [0.1, 0.15) is 32.6 Å². The molecule has 1 aromatic carbocycles. The second kappa shape index (κ2) is 12.3. The lowest BCUT2D eigenvalue weighted by Crippen LogP contribution is -2.58. The Balaban J connectivity index is 1.86. The Morgan fingerprint density at radius 2 is 1.97 bits per heavy atom. The Bertz CT molecular complexity index is 1310. The molecule has 2 aliphatic rings. The average Bonchev–Trinajstić information content (AvgIpc) is 3.30. The number of carbonyl (C=O) groups is 3. The smallest absolute Gasteiger partial charge is 0.251 e. The molecular formula is C28H28ClF2N5O3. The zero-order valence-corrected chi connectivity index (χ0v) is 22.0. The molecule has 1 N–H and O–H groups in total. The van der Waals surface area contributed by atoms with Crippen LogP contribution in [0.2, 0.25) is 0 Å². The van der Waals surface area contributed by atoms with E-state index >= 15 is 0 Å². The summed E-state index contributed by atoms with van der Waals surface area (Å²) in [5.41, 5.74) is 0.285. The van der Waals surface area contributed by atoms with Crippen molar-refractivity contribution in [2.45, 2.75) is 56.9 Å². The van der Waals surface area contributed by atoms with Crippen molar-refractivity contribution in [1.29, 1.82) is 0 Å². The van der Waals surface area contributed by atoms with Gasteiger partial charge in [0.05, 0.1) is 0 Å². The summed E-state index contributed by atoms with van der Waals surface area (Å²) < 4.78 is 28.1. The molecule has 8 nitrogen and oxygen atoms in total. The number of rotatable bonds is 9. The molecule has 204 valence electrons. The van der Waals surface area contributed by atoms with Gasteiger partial charge < -0.3 is 5.32 Å². The van der Waals surface area contributed by atoms with Gasteiger partial charge in [0.1, 0.15) is 24.1 Å². The molecule has 2 heterocycles. The van der Waals surface area contributed by atoms with Crippen LogP contribution in [0.3, 0.4) is 0 Å². The van der Waals surface area contributed by atoms with Gasteiger partial charge in [0.25, 0.3) is 5.91 Å². The Morgan fingerprint density at radius 3 is 2.59 bits per heavy atom. The van der Waals surface area contributed by atoms with E-state index in [1.807, 2.05) is 0 Å². The van der Waals surface area contributed by atoms with Crippen molar-refractivity contribution in [2.75, 3.05) is 9.80 Å². The number of nitrogens with one attached hydrogen (secondary N) is 1. The van der Waals surface area contributed by atoms with E-state index in [0.29, 0.717) is 0 Å². The third kappa shape index (κ3) is 6.06. The maximum Gasteiger partial charge on any atom is 0.251 e. The molecular weight excluding hydrogens is 528 g/mol. The third-order valence-corrected chi connectivity index (χ3v) is 6.99. The van der Waals surface area contributed by atoms with Gasteiger partial charge in [-0.2, -0.15) is 0 Å². The summed E-state index contributed by atoms with van der Waals surface area (Å²) in [6.07, 6.45) is 6.85. The second-order valence-electron chi connectivity index (χ2n) is 9.24. The highest BCUT2D eigenvalue weighted by molar-refractivity contribution is 6.32. The molecule has 0 spiro atoms. The lowest BCUT2D eigenvalue weighted by atomic mass is 9.90. The predicted molar refractivity (Wildman–Crippen MR) is 144 cm³/mol. The van der Waals surface area contributed by atoms with E-state index in [-0.39, 0.29) is 53.8 Å². The van der Waals surface area contributed by atoms with Crippen molar-refractivity contribution >= 4 is 41.0 Å².